The van der Waals surface area contributed by atoms with Gasteiger partial charge >= 0.3 is 0 Å². The molecule has 138 valence electrons. The Morgan fingerprint density at radius 2 is 1.72 bits per heavy atom. The number of furan rings is 1. The van der Waals surface area contributed by atoms with Gasteiger partial charge in [-0.2, -0.15) is 0 Å². The highest BCUT2D eigenvalue weighted by Gasteiger charge is 2.19. The van der Waals surface area contributed by atoms with E-state index in [-0.39, 0.29) is 6.29 Å². The molecule has 25 heavy (non-hydrogen) atoms. The smallest absolute Gasteiger partial charge is 0.197 e. The Hall–Kier alpha value is -1.74. The minimum Gasteiger partial charge on any atom is -0.467 e. The van der Waals surface area contributed by atoms with Gasteiger partial charge in [-0.3, -0.25) is 0 Å². The van der Waals surface area contributed by atoms with Gasteiger partial charge in [0.15, 0.2) is 6.29 Å². The second kappa shape index (κ2) is 9.67. The van der Waals surface area contributed by atoms with Gasteiger partial charge in [0.2, 0.25) is 0 Å². The topological polar surface area (TPSA) is 31.6 Å². The average Bonchev–Trinajstić information content (AvgIpc) is 3.11. The molecule has 0 N–H and O–H groups in total. The van der Waals surface area contributed by atoms with Crippen molar-refractivity contribution in [1.82, 2.24) is 0 Å². The maximum absolute atomic E-state index is 5.85. The minimum absolute atomic E-state index is 0.322. The molecule has 1 aromatic carbocycles. The van der Waals surface area contributed by atoms with Gasteiger partial charge < -0.3 is 13.9 Å². The van der Waals surface area contributed by atoms with E-state index in [1.54, 1.807) is 6.26 Å². The average molecular weight is 344 g/mol. The van der Waals surface area contributed by atoms with Gasteiger partial charge in [-0.25, -0.2) is 0 Å². The highest BCUT2D eigenvalue weighted by molar-refractivity contribution is 5.30. The van der Waals surface area contributed by atoms with Crippen LogP contribution in [0.1, 0.15) is 64.7 Å². The zero-order valence-corrected chi connectivity index (χ0v) is 16.2. The SMILES string of the molecule is CCC(C)C(CC(C)C)c1ccc(OC(C)OCc2ccco2)cc1. The van der Waals surface area contributed by atoms with E-state index < -0.39 is 0 Å². The predicted octanol–water partition coefficient (Wildman–Crippen LogP) is 6.40. The predicted molar refractivity (Wildman–Crippen MR) is 102 cm³/mol. The van der Waals surface area contributed by atoms with Crippen LogP contribution in [0.15, 0.2) is 47.1 Å². The molecule has 0 aliphatic heterocycles. The van der Waals surface area contributed by atoms with Crippen molar-refractivity contribution in [3.63, 3.8) is 0 Å². The Bertz CT molecular complexity index is 586. The van der Waals surface area contributed by atoms with Gasteiger partial charge in [0.25, 0.3) is 0 Å². The molecule has 3 unspecified atom stereocenters. The first-order valence-corrected chi connectivity index (χ1v) is 9.40. The fourth-order valence-corrected chi connectivity index (χ4v) is 3.10. The maximum atomic E-state index is 5.85. The third-order valence-electron chi connectivity index (χ3n) is 4.71. The molecule has 0 spiro atoms. The van der Waals surface area contributed by atoms with Crippen molar-refractivity contribution in [3.05, 3.63) is 54.0 Å². The van der Waals surface area contributed by atoms with E-state index in [0.717, 1.165) is 11.5 Å². The molecule has 0 saturated carbocycles. The second-order valence-corrected chi connectivity index (χ2v) is 7.27. The zero-order valence-electron chi connectivity index (χ0n) is 16.2. The lowest BCUT2D eigenvalue weighted by Gasteiger charge is -2.25. The molecular formula is C22H32O3. The summed E-state index contributed by atoms with van der Waals surface area (Å²) in [6.45, 7) is 11.5. The highest BCUT2D eigenvalue weighted by Crippen LogP contribution is 2.33. The third-order valence-corrected chi connectivity index (χ3v) is 4.71. The van der Waals surface area contributed by atoms with E-state index in [0.29, 0.717) is 24.4 Å². The lowest BCUT2D eigenvalue weighted by atomic mass is 9.80. The first kappa shape index (κ1) is 19.6. The summed E-state index contributed by atoms with van der Waals surface area (Å²) in [4.78, 5) is 0. The fourth-order valence-electron chi connectivity index (χ4n) is 3.10. The van der Waals surface area contributed by atoms with Crippen molar-refractivity contribution >= 4 is 0 Å². The fraction of sp³-hybridized carbons (Fsp3) is 0.545. The van der Waals surface area contributed by atoms with Gasteiger partial charge in [0, 0.05) is 0 Å². The number of hydrogen-bond donors (Lipinski definition) is 0. The molecule has 0 radical (unpaired) electrons. The Morgan fingerprint density at radius 1 is 1.00 bits per heavy atom. The number of rotatable bonds is 10. The minimum atomic E-state index is -0.322. The van der Waals surface area contributed by atoms with Crippen molar-refractivity contribution in [2.24, 2.45) is 11.8 Å². The van der Waals surface area contributed by atoms with Crippen LogP contribution in [0.3, 0.4) is 0 Å². The van der Waals surface area contributed by atoms with Gasteiger partial charge in [0.05, 0.1) is 6.26 Å². The van der Waals surface area contributed by atoms with Gasteiger partial charge in [0.1, 0.15) is 18.1 Å². The van der Waals surface area contributed by atoms with E-state index in [4.69, 9.17) is 13.9 Å². The summed E-state index contributed by atoms with van der Waals surface area (Å²) < 4.78 is 16.8. The van der Waals surface area contributed by atoms with Gasteiger partial charge in [-0.1, -0.05) is 46.2 Å². The molecule has 2 rings (SSSR count). The highest BCUT2D eigenvalue weighted by atomic mass is 16.7. The maximum Gasteiger partial charge on any atom is 0.197 e. The van der Waals surface area contributed by atoms with Crippen LogP contribution in [0.25, 0.3) is 0 Å². The number of benzene rings is 1. The first-order chi connectivity index (χ1) is 12.0. The Balaban J connectivity index is 1.93. The Morgan fingerprint density at radius 3 is 2.28 bits per heavy atom. The molecule has 0 aliphatic rings. The molecule has 0 amide bonds. The van der Waals surface area contributed by atoms with Gasteiger partial charge in [-0.05, 0) is 60.9 Å². The second-order valence-electron chi connectivity index (χ2n) is 7.27. The normalized spacial score (nSPS) is 15.1. The van der Waals surface area contributed by atoms with Crippen molar-refractivity contribution in [3.8, 4) is 5.75 Å². The zero-order chi connectivity index (χ0) is 18.2. The van der Waals surface area contributed by atoms with Crippen LogP contribution in [-0.2, 0) is 11.3 Å². The molecular weight excluding hydrogens is 312 g/mol. The summed E-state index contributed by atoms with van der Waals surface area (Å²) in [5, 5.41) is 0. The first-order valence-electron chi connectivity index (χ1n) is 9.40. The lowest BCUT2D eigenvalue weighted by molar-refractivity contribution is -0.0805. The molecule has 0 saturated heterocycles. The van der Waals surface area contributed by atoms with Crippen molar-refractivity contribution < 1.29 is 13.9 Å². The molecule has 0 aliphatic carbocycles. The van der Waals surface area contributed by atoms with Crippen molar-refractivity contribution in [1.29, 1.82) is 0 Å². The van der Waals surface area contributed by atoms with E-state index >= 15 is 0 Å². The van der Waals surface area contributed by atoms with E-state index in [1.165, 1.54) is 18.4 Å². The molecule has 0 bridgehead atoms. The van der Waals surface area contributed by atoms with Crippen LogP contribution in [-0.4, -0.2) is 6.29 Å². The van der Waals surface area contributed by atoms with Crippen LogP contribution < -0.4 is 4.74 Å². The van der Waals surface area contributed by atoms with Gasteiger partial charge in [-0.15, -0.1) is 0 Å². The van der Waals surface area contributed by atoms with Crippen molar-refractivity contribution in [2.75, 3.05) is 0 Å². The Labute approximate surface area is 152 Å². The van der Waals surface area contributed by atoms with E-state index in [2.05, 4.69) is 52.0 Å². The number of hydrogen-bond acceptors (Lipinski definition) is 3. The molecule has 3 nitrogen and oxygen atoms in total. The molecule has 3 atom stereocenters. The number of ether oxygens (including phenoxy) is 2. The summed E-state index contributed by atoms with van der Waals surface area (Å²) in [5.41, 5.74) is 1.40. The molecule has 2 aromatic rings. The quantitative estimate of drug-likeness (QED) is 0.467. The molecule has 3 heteroatoms. The summed E-state index contributed by atoms with van der Waals surface area (Å²) in [6, 6.07) is 12.3. The van der Waals surface area contributed by atoms with Crippen LogP contribution in [0.5, 0.6) is 5.75 Å². The summed E-state index contributed by atoms with van der Waals surface area (Å²) >= 11 is 0. The summed E-state index contributed by atoms with van der Waals surface area (Å²) in [7, 11) is 0. The van der Waals surface area contributed by atoms with Crippen LogP contribution in [0.4, 0.5) is 0 Å². The van der Waals surface area contributed by atoms with Crippen LogP contribution in [0, 0.1) is 11.8 Å². The van der Waals surface area contributed by atoms with Crippen LogP contribution >= 0.6 is 0 Å². The van der Waals surface area contributed by atoms with Crippen molar-refractivity contribution in [2.45, 2.75) is 66.3 Å². The summed E-state index contributed by atoms with van der Waals surface area (Å²) in [5.74, 6) is 3.63. The third kappa shape index (κ3) is 6.24. The summed E-state index contributed by atoms with van der Waals surface area (Å²) in [6.07, 6.45) is 3.75. The lowest BCUT2D eigenvalue weighted by Crippen LogP contribution is -2.16. The largest absolute Gasteiger partial charge is 0.467 e. The molecule has 1 heterocycles. The molecule has 1 aromatic heterocycles. The molecule has 0 fully saturated rings. The van der Waals surface area contributed by atoms with E-state index in [1.807, 2.05) is 19.1 Å². The standard InChI is InChI=1S/C22H32O3/c1-6-17(4)22(14-16(2)3)19-9-11-20(12-10-19)25-18(5)24-15-21-8-7-13-23-21/h7-13,16-18,22H,6,14-15H2,1-5H3. The van der Waals surface area contributed by atoms with E-state index in [9.17, 15) is 0 Å². The monoisotopic (exact) mass is 344 g/mol. The Kier molecular flexibility index (Phi) is 7.57. The van der Waals surface area contributed by atoms with Crippen LogP contribution in [0.2, 0.25) is 0 Å².